The molecule has 1 aromatic rings. The number of amides is 1. The number of carbonyl (C=O) groups is 3. The van der Waals surface area contributed by atoms with Gasteiger partial charge < -0.3 is 24.8 Å². The largest absolute Gasteiger partial charge is 0.462 e. The lowest BCUT2D eigenvalue weighted by molar-refractivity contribution is -0.177. The molecule has 2 aliphatic rings. The van der Waals surface area contributed by atoms with Crippen LogP contribution in [0.1, 0.15) is 44.4 Å². The Bertz CT molecular complexity index is 935. The topological polar surface area (TPSA) is 121 Å². The van der Waals surface area contributed by atoms with E-state index in [2.05, 4.69) is 22.2 Å². The van der Waals surface area contributed by atoms with Crippen LogP contribution in [0, 0.1) is 11.8 Å². The SMILES string of the molecule is C=C1NC(=O)c2ncn([C@@H]3O[C@](CCl)(COC(=O)C(C)C)[C@@H](OC(=O)C(C)C)[C@H]3F)c2N1. The second-order valence-electron chi connectivity index (χ2n) is 8.33. The van der Waals surface area contributed by atoms with E-state index in [-0.39, 0.29) is 23.2 Å². The number of nitrogens with one attached hydrogen (secondary N) is 2. The van der Waals surface area contributed by atoms with Crippen molar-refractivity contribution in [3.8, 4) is 0 Å². The Morgan fingerprint density at radius 3 is 2.56 bits per heavy atom. The highest BCUT2D eigenvalue weighted by Crippen LogP contribution is 2.44. The molecule has 0 bridgehead atoms. The van der Waals surface area contributed by atoms with Crippen LogP contribution in [-0.2, 0) is 23.8 Å². The zero-order valence-electron chi connectivity index (χ0n) is 18.2. The van der Waals surface area contributed by atoms with Gasteiger partial charge in [-0.05, 0) is 0 Å². The van der Waals surface area contributed by atoms with E-state index in [0.717, 1.165) is 0 Å². The highest BCUT2D eigenvalue weighted by molar-refractivity contribution is 6.18. The van der Waals surface area contributed by atoms with Crippen LogP contribution in [0.15, 0.2) is 18.7 Å². The molecule has 1 aromatic heterocycles. The van der Waals surface area contributed by atoms with Crippen molar-refractivity contribution in [2.45, 2.75) is 51.8 Å². The lowest BCUT2D eigenvalue weighted by Gasteiger charge is -2.32. The predicted molar refractivity (Wildman–Crippen MR) is 111 cm³/mol. The minimum absolute atomic E-state index is 0.0125. The van der Waals surface area contributed by atoms with Gasteiger partial charge in [0.25, 0.3) is 5.91 Å². The number of carbonyl (C=O) groups excluding carboxylic acids is 3. The third-order valence-corrected chi connectivity index (χ3v) is 5.58. The van der Waals surface area contributed by atoms with Gasteiger partial charge in [0.1, 0.15) is 18.2 Å². The van der Waals surface area contributed by atoms with Gasteiger partial charge in [-0.15, -0.1) is 11.6 Å². The van der Waals surface area contributed by atoms with Gasteiger partial charge in [0.05, 0.1) is 24.0 Å². The summed E-state index contributed by atoms with van der Waals surface area (Å²) < 4.78 is 33.7. The summed E-state index contributed by atoms with van der Waals surface area (Å²) >= 11 is 6.17. The smallest absolute Gasteiger partial charge is 0.308 e. The highest BCUT2D eigenvalue weighted by atomic mass is 35.5. The summed E-state index contributed by atoms with van der Waals surface area (Å²) in [7, 11) is 0. The lowest BCUT2D eigenvalue weighted by Crippen LogP contribution is -2.51. The van der Waals surface area contributed by atoms with Crippen molar-refractivity contribution in [3.63, 3.8) is 0 Å². The quantitative estimate of drug-likeness (QED) is 0.457. The first kappa shape index (κ1) is 24.0. The minimum Gasteiger partial charge on any atom is -0.462 e. The summed E-state index contributed by atoms with van der Waals surface area (Å²) in [5.74, 6) is -2.70. The van der Waals surface area contributed by atoms with E-state index in [9.17, 15) is 14.4 Å². The first-order valence-electron chi connectivity index (χ1n) is 10.1. The summed E-state index contributed by atoms with van der Waals surface area (Å²) in [5.41, 5.74) is -1.65. The summed E-state index contributed by atoms with van der Waals surface area (Å²) in [6, 6.07) is 0. The van der Waals surface area contributed by atoms with E-state index in [0.29, 0.717) is 0 Å². The summed E-state index contributed by atoms with van der Waals surface area (Å²) in [5, 5.41) is 5.29. The van der Waals surface area contributed by atoms with Crippen LogP contribution in [0.25, 0.3) is 0 Å². The Morgan fingerprint density at radius 1 is 1.31 bits per heavy atom. The number of ether oxygens (including phenoxy) is 3. The number of anilines is 1. The molecule has 176 valence electrons. The average Bonchev–Trinajstić information content (AvgIpc) is 3.26. The Morgan fingerprint density at radius 2 is 1.97 bits per heavy atom. The van der Waals surface area contributed by atoms with Crippen LogP contribution in [0.5, 0.6) is 0 Å². The molecular formula is C20H26ClFN4O6. The van der Waals surface area contributed by atoms with Crippen molar-refractivity contribution in [2.75, 3.05) is 17.8 Å². The monoisotopic (exact) mass is 472 g/mol. The number of hydrogen-bond acceptors (Lipinski definition) is 8. The number of rotatable bonds is 7. The van der Waals surface area contributed by atoms with Gasteiger partial charge in [-0.3, -0.25) is 19.0 Å². The van der Waals surface area contributed by atoms with E-state index in [4.69, 9.17) is 25.8 Å². The maximum atomic E-state index is 15.8. The van der Waals surface area contributed by atoms with Gasteiger partial charge in [-0.25, -0.2) is 9.37 Å². The van der Waals surface area contributed by atoms with Crippen molar-refractivity contribution in [1.29, 1.82) is 0 Å². The Labute approximate surface area is 189 Å². The predicted octanol–water partition coefficient (Wildman–Crippen LogP) is 2.12. The molecule has 2 N–H and O–H groups in total. The van der Waals surface area contributed by atoms with Crippen LogP contribution in [0.3, 0.4) is 0 Å². The molecular weight excluding hydrogens is 447 g/mol. The molecule has 0 spiro atoms. The number of halogens is 2. The molecule has 0 aliphatic carbocycles. The van der Waals surface area contributed by atoms with Crippen molar-refractivity contribution >= 4 is 35.3 Å². The van der Waals surface area contributed by atoms with Gasteiger partial charge in [0.2, 0.25) is 0 Å². The average molecular weight is 473 g/mol. The van der Waals surface area contributed by atoms with Crippen molar-refractivity contribution in [1.82, 2.24) is 14.9 Å². The fraction of sp³-hybridized carbons (Fsp3) is 0.600. The number of nitrogens with zero attached hydrogens (tertiary/aromatic N) is 2. The zero-order chi connectivity index (χ0) is 23.8. The van der Waals surface area contributed by atoms with E-state index < -0.39 is 60.4 Å². The molecule has 12 heteroatoms. The minimum atomic E-state index is -1.91. The van der Waals surface area contributed by atoms with E-state index in [1.807, 2.05) is 0 Å². The second kappa shape index (κ2) is 9.07. The Kier molecular flexibility index (Phi) is 6.80. The van der Waals surface area contributed by atoms with E-state index in [1.54, 1.807) is 27.7 Å². The summed E-state index contributed by atoms with van der Waals surface area (Å²) in [4.78, 5) is 40.5. The molecule has 1 amide bonds. The third-order valence-electron chi connectivity index (χ3n) is 5.12. The van der Waals surface area contributed by atoms with Gasteiger partial charge in [-0.2, -0.15) is 0 Å². The number of imidazole rings is 1. The number of hydrogen-bond donors (Lipinski definition) is 2. The first-order chi connectivity index (χ1) is 15.0. The van der Waals surface area contributed by atoms with Gasteiger partial charge in [0.15, 0.2) is 29.8 Å². The first-order valence-corrected chi connectivity index (χ1v) is 10.6. The second-order valence-corrected chi connectivity index (χ2v) is 8.60. The van der Waals surface area contributed by atoms with Gasteiger partial charge in [0, 0.05) is 0 Å². The lowest BCUT2D eigenvalue weighted by atomic mass is 9.98. The van der Waals surface area contributed by atoms with Crippen molar-refractivity contribution in [2.24, 2.45) is 11.8 Å². The Balaban J connectivity index is 1.98. The summed E-state index contributed by atoms with van der Waals surface area (Å²) in [6.45, 7) is 9.70. The molecule has 0 radical (unpaired) electrons. The molecule has 0 aromatic carbocycles. The molecule has 0 saturated carbocycles. The number of esters is 2. The van der Waals surface area contributed by atoms with Crippen molar-refractivity contribution < 1.29 is 33.0 Å². The standard InChI is InChI=1S/C20H26ClFN4O6/c1-9(2)18(28)30-7-20(6-21)14(31-19(29)10(3)4)12(22)17(32-20)26-8-23-13-15(26)24-11(5)25-16(13)27/h8-10,12,14,17,24H,5-7H2,1-4H3,(H,25,27)/t12-,14+,17-,20-/m1/s1. The van der Waals surface area contributed by atoms with Crippen LogP contribution in [0.4, 0.5) is 10.2 Å². The molecule has 3 heterocycles. The maximum Gasteiger partial charge on any atom is 0.308 e. The fourth-order valence-electron chi connectivity index (χ4n) is 3.29. The van der Waals surface area contributed by atoms with Crippen LogP contribution in [-0.4, -0.2) is 57.8 Å². The maximum absolute atomic E-state index is 15.8. The molecule has 10 nitrogen and oxygen atoms in total. The zero-order valence-corrected chi connectivity index (χ0v) is 18.9. The van der Waals surface area contributed by atoms with E-state index in [1.165, 1.54) is 10.9 Å². The molecule has 2 aliphatic heterocycles. The van der Waals surface area contributed by atoms with Crippen LogP contribution in [0.2, 0.25) is 0 Å². The normalized spacial score (nSPS) is 27.2. The van der Waals surface area contributed by atoms with Crippen LogP contribution < -0.4 is 10.6 Å². The summed E-state index contributed by atoms with van der Waals surface area (Å²) in [6.07, 6.45) is -3.54. The van der Waals surface area contributed by atoms with Gasteiger partial charge >= 0.3 is 11.9 Å². The number of aromatic nitrogens is 2. The Hall–Kier alpha value is -2.66. The molecule has 0 unspecified atom stereocenters. The third kappa shape index (κ3) is 4.31. The molecule has 1 saturated heterocycles. The fourth-order valence-corrected chi connectivity index (χ4v) is 3.58. The van der Waals surface area contributed by atoms with Crippen molar-refractivity contribution in [3.05, 3.63) is 24.4 Å². The van der Waals surface area contributed by atoms with Gasteiger partial charge in [-0.1, -0.05) is 34.3 Å². The molecule has 32 heavy (non-hydrogen) atoms. The van der Waals surface area contributed by atoms with E-state index >= 15 is 4.39 Å². The highest BCUT2D eigenvalue weighted by Gasteiger charge is 2.60. The number of fused-ring (bicyclic) bond motifs is 1. The van der Waals surface area contributed by atoms with Crippen LogP contribution >= 0.6 is 11.6 Å². The molecule has 3 rings (SSSR count). The number of alkyl halides is 2. The molecule has 4 atom stereocenters. The molecule has 1 fully saturated rings.